The van der Waals surface area contributed by atoms with Crippen LogP contribution in [0.25, 0.3) is 0 Å². The number of halogens is 1. The molecule has 0 saturated carbocycles. The van der Waals surface area contributed by atoms with Crippen LogP contribution in [0, 0.1) is 0 Å². The van der Waals surface area contributed by atoms with Gasteiger partial charge in [-0.2, -0.15) is 0 Å². The minimum atomic E-state index is 0.761. The van der Waals surface area contributed by atoms with Crippen LogP contribution in [0.4, 0.5) is 0 Å². The molecule has 4 heteroatoms. The summed E-state index contributed by atoms with van der Waals surface area (Å²) in [4.78, 5) is 7.18. The van der Waals surface area contributed by atoms with Crippen molar-refractivity contribution in [3.63, 3.8) is 0 Å². The van der Waals surface area contributed by atoms with Gasteiger partial charge in [0.15, 0.2) is 0 Å². The number of rotatable bonds is 5. The summed E-state index contributed by atoms with van der Waals surface area (Å²) in [6.45, 7) is 1.65. The number of aromatic nitrogens is 2. The number of aromatic amines is 1. The fourth-order valence-electron chi connectivity index (χ4n) is 1.53. The van der Waals surface area contributed by atoms with Gasteiger partial charge in [0.2, 0.25) is 0 Å². The second-order valence-electron chi connectivity index (χ2n) is 3.55. The number of benzene rings is 1. The third kappa shape index (κ3) is 3.08. The lowest BCUT2D eigenvalue weighted by Gasteiger charge is -2.04. The molecule has 16 heavy (non-hydrogen) atoms. The third-order valence-corrected chi connectivity index (χ3v) is 2.74. The SMILES string of the molecule is Clc1ccccc1CCNCc1ncc[nH]1. The summed E-state index contributed by atoms with van der Waals surface area (Å²) in [5, 5.41) is 4.15. The second-order valence-corrected chi connectivity index (χ2v) is 3.96. The lowest BCUT2D eigenvalue weighted by Crippen LogP contribution is -2.17. The summed E-state index contributed by atoms with van der Waals surface area (Å²) in [7, 11) is 0. The Bertz CT molecular complexity index is 426. The van der Waals surface area contributed by atoms with Crippen LogP contribution < -0.4 is 5.32 Å². The van der Waals surface area contributed by atoms with Crippen molar-refractivity contribution >= 4 is 11.6 Å². The standard InChI is InChI=1S/C12H14ClN3/c13-11-4-2-1-3-10(11)5-6-14-9-12-15-7-8-16-12/h1-4,7-8,14H,5-6,9H2,(H,15,16). The summed E-state index contributed by atoms with van der Waals surface area (Å²) in [6.07, 6.45) is 4.51. The second kappa shape index (κ2) is 5.68. The highest BCUT2D eigenvalue weighted by Gasteiger charge is 1.98. The lowest BCUT2D eigenvalue weighted by molar-refractivity contribution is 0.665. The minimum Gasteiger partial charge on any atom is -0.348 e. The summed E-state index contributed by atoms with van der Waals surface area (Å²) >= 11 is 6.06. The van der Waals surface area contributed by atoms with Gasteiger partial charge in [-0.05, 0) is 24.6 Å². The van der Waals surface area contributed by atoms with E-state index in [0.29, 0.717) is 0 Å². The van der Waals surface area contributed by atoms with Crippen molar-refractivity contribution in [3.05, 3.63) is 53.1 Å². The van der Waals surface area contributed by atoms with Crippen LogP contribution in [0.5, 0.6) is 0 Å². The number of nitrogens with zero attached hydrogens (tertiary/aromatic N) is 1. The predicted molar refractivity (Wildman–Crippen MR) is 65.5 cm³/mol. The zero-order valence-corrected chi connectivity index (χ0v) is 9.67. The van der Waals surface area contributed by atoms with Gasteiger partial charge in [-0.15, -0.1) is 0 Å². The zero-order valence-electron chi connectivity index (χ0n) is 8.91. The Labute approximate surface area is 99.9 Å². The fraction of sp³-hybridized carbons (Fsp3) is 0.250. The van der Waals surface area contributed by atoms with Crippen LogP contribution in [-0.2, 0) is 13.0 Å². The first kappa shape index (κ1) is 11.2. The highest BCUT2D eigenvalue weighted by molar-refractivity contribution is 6.31. The Morgan fingerprint density at radius 1 is 1.31 bits per heavy atom. The molecular formula is C12H14ClN3. The topological polar surface area (TPSA) is 40.7 Å². The summed E-state index contributed by atoms with van der Waals surface area (Å²) in [5.74, 6) is 0.958. The van der Waals surface area contributed by atoms with Crippen molar-refractivity contribution in [2.24, 2.45) is 0 Å². The van der Waals surface area contributed by atoms with E-state index in [1.165, 1.54) is 5.56 Å². The Morgan fingerprint density at radius 3 is 2.94 bits per heavy atom. The van der Waals surface area contributed by atoms with Crippen LogP contribution in [0.1, 0.15) is 11.4 Å². The largest absolute Gasteiger partial charge is 0.348 e. The van der Waals surface area contributed by atoms with Gasteiger partial charge in [-0.3, -0.25) is 0 Å². The van der Waals surface area contributed by atoms with Crippen molar-refractivity contribution in [3.8, 4) is 0 Å². The van der Waals surface area contributed by atoms with Crippen LogP contribution in [-0.4, -0.2) is 16.5 Å². The summed E-state index contributed by atoms with van der Waals surface area (Å²) < 4.78 is 0. The van der Waals surface area contributed by atoms with Crippen molar-refractivity contribution in [1.29, 1.82) is 0 Å². The molecule has 84 valence electrons. The Hall–Kier alpha value is -1.32. The number of imidazole rings is 1. The molecule has 0 aliphatic rings. The Kier molecular flexibility index (Phi) is 3.97. The molecule has 3 nitrogen and oxygen atoms in total. The highest BCUT2D eigenvalue weighted by Crippen LogP contribution is 2.14. The maximum absolute atomic E-state index is 6.06. The van der Waals surface area contributed by atoms with Crippen molar-refractivity contribution < 1.29 is 0 Å². The molecule has 2 rings (SSSR count). The van der Waals surface area contributed by atoms with Gasteiger partial charge >= 0.3 is 0 Å². The average Bonchev–Trinajstić information content (AvgIpc) is 2.79. The van der Waals surface area contributed by atoms with Crippen LogP contribution in [0.15, 0.2) is 36.7 Å². The van der Waals surface area contributed by atoms with Gasteiger partial charge in [0, 0.05) is 17.4 Å². The molecule has 0 fully saturated rings. The van der Waals surface area contributed by atoms with Crippen LogP contribution >= 0.6 is 11.6 Å². The van der Waals surface area contributed by atoms with E-state index in [1.807, 2.05) is 24.4 Å². The molecule has 0 atom stereocenters. The molecule has 2 aromatic rings. The van der Waals surface area contributed by atoms with Crippen LogP contribution in [0.3, 0.4) is 0 Å². The number of nitrogens with one attached hydrogen (secondary N) is 2. The van der Waals surface area contributed by atoms with Gasteiger partial charge in [0.1, 0.15) is 5.82 Å². The van der Waals surface area contributed by atoms with Gasteiger partial charge in [0.05, 0.1) is 6.54 Å². The van der Waals surface area contributed by atoms with E-state index in [9.17, 15) is 0 Å². The van der Waals surface area contributed by atoms with Gasteiger partial charge in [-0.25, -0.2) is 4.98 Å². The number of hydrogen-bond donors (Lipinski definition) is 2. The third-order valence-electron chi connectivity index (χ3n) is 2.38. The van der Waals surface area contributed by atoms with Crippen molar-refractivity contribution in [2.45, 2.75) is 13.0 Å². The first-order valence-electron chi connectivity index (χ1n) is 5.28. The maximum Gasteiger partial charge on any atom is 0.120 e. The average molecular weight is 236 g/mol. The monoisotopic (exact) mass is 235 g/mol. The molecule has 2 N–H and O–H groups in total. The molecule has 0 bridgehead atoms. The fourth-order valence-corrected chi connectivity index (χ4v) is 1.76. The highest BCUT2D eigenvalue weighted by atomic mass is 35.5. The van der Waals surface area contributed by atoms with Gasteiger partial charge in [-0.1, -0.05) is 29.8 Å². The lowest BCUT2D eigenvalue weighted by atomic mass is 10.1. The van der Waals surface area contributed by atoms with E-state index in [1.54, 1.807) is 6.20 Å². The molecule has 0 spiro atoms. The smallest absolute Gasteiger partial charge is 0.120 e. The Morgan fingerprint density at radius 2 is 2.19 bits per heavy atom. The maximum atomic E-state index is 6.06. The number of hydrogen-bond acceptors (Lipinski definition) is 2. The molecular weight excluding hydrogens is 222 g/mol. The molecule has 0 saturated heterocycles. The first-order valence-corrected chi connectivity index (χ1v) is 5.66. The van der Waals surface area contributed by atoms with E-state index in [2.05, 4.69) is 21.4 Å². The van der Waals surface area contributed by atoms with Crippen molar-refractivity contribution in [1.82, 2.24) is 15.3 Å². The Balaban J connectivity index is 1.74. The molecule has 1 heterocycles. The van der Waals surface area contributed by atoms with Gasteiger partial charge < -0.3 is 10.3 Å². The van der Waals surface area contributed by atoms with E-state index in [0.717, 1.165) is 30.4 Å². The molecule has 0 aliphatic heterocycles. The normalized spacial score (nSPS) is 10.6. The molecule has 1 aromatic heterocycles. The molecule has 0 amide bonds. The van der Waals surface area contributed by atoms with Crippen molar-refractivity contribution in [2.75, 3.05) is 6.54 Å². The van der Waals surface area contributed by atoms with Crippen LogP contribution in [0.2, 0.25) is 5.02 Å². The van der Waals surface area contributed by atoms with E-state index < -0.39 is 0 Å². The summed E-state index contributed by atoms with van der Waals surface area (Å²) in [6, 6.07) is 7.93. The van der Waals surface area contributed by atoms with Gasteiger partial charge in [0.25, 0.3) is 0 Å². The molecule has 0 aliphatic carbocycles. The molecule has 0 radical (unpaired) electrons. The molecule has 0 unspecified atom stereocenters. The van der Waals surface area contributed by atoms with E-state index in [4.69, 9.17) is 11.6 Å². The predicted octanol–water partition coefficient (Wildman–Crippen LogP) is 2.40. The first-order chi connectivity index (χ1) is 7.86. The summed E-state index contributed by atoms with van der Waals surface area (Å²) in [5.41, 5.74) is 1.18. The zero-order chi connectivity index (χ0) is 11.2. The van der Waals surface area contributed by atoms with E-state index in [-0.39, 0.29) is 0 Å². The molecule has 1 aromatic carbocycles. The number of H-pyrrole nitrogens is 1. The quantitative estimate of drug-likeness (QED) is 0.782. The van der Waals surface area contributed by atoms with E-state index >= 15 is 0 Å². The minimum absolute atomic E-state index is 0.761.